The average molecular weight is 311 g/mol. The molecule has 1 heterocycles. The summed E-state index contributed by atoms with van der Waals surface area (Å²) in [5.74, 6) is -0.0582. The lowest BCUT2D eigenvalue weighted by molar-refractivity contribution is -0.384. The summed E-state index contributed by atoms with van der Waals surface area (Å²) in [6, 6.07) is 4.59. The first-order valence-corrected chi connectivity index (χ1v) is 6.19. The van der Waals surface area contributed by atoms with E-state index in [1.54, 1.807) is 18.2 Å². The van der Waals surface area contributed by atoms with Crippen LogP contribution in [0.15, 0.2) is 35.3 Å². The van der Waals surface area contributed by atoms with Gasteiger partial charge in [-0.25, -0.2) is 0 Å². The van der Waals surface area contributed by atoms with Gasteiger partial charge in [-0.1, -0.05) is 22.0 Å². The second-order valence-electron chi connectivity index (χ2n) is 4.09. The fraction of sp³-hybridized carbons (Fsp3) is 0.250. The molecule has 0 radical (unpaired) electrons. The van der Waals surface area contributed by atoms with E-state index in [2.05, 4.69) is 22.5 Å². The third kappa shape index (κ3) is 2.28. The summed E-state index contributed by atoms with van der Waals surface area (Å²) in [4.78, 5) is 23.8. The Morgan fingerprint density at radius 2 is 2.28 bits per heavy atom. The Bertz CT molecular complexity index is 530. The zero-order valence-corrected chi connectivity index (χ0v) is 11.1. The van der Waals surface area contributed by atoms with E-state index in [1.807, 2.05) is 0 Å². The summed E-state index contributed by atoms with van der Waals surface area (Å²) in [5, 5.41) is 11.0. The zero-order chi connectivity index (χ0) is 13.3. The van der Waals surface area contributed by atoms with E-state index in [9.17, 15) is 14.9 Å². The van der Waals surface area contributed by atoms with Crippen molar-refractivity contribution in [3.05, 3.63) is 45.4 Å². The predicted octanol–water partition coefficient (Wildman–Crippen LogP) is 2.90. The van der Waals surface area contributed by atoms with Crippen LogP contribution in [0.2, 0.25) is 0 Å². The van der Waals surface area contributed by atoms with Crippen LogP contribution in [0.25, 0.3) is 0 Å². The minimum atomic E-state index is -0.476. The van der Waals surface area contributed by atoms with E-state index in [0.717, 1.165) is 0 Å². The van der Waals surface area contributed by atoms with Gasteiger partial charge in [-0.05, 0) is 12.1 Å². The Labute approximate surface area is 112 Å². The Kier molecular flexibility index (Phi) is 3.47. The van der Waals surface area contributed by atoms with Gasteiger partial charge in [0.1, 0.15) is 5.69 Å². The molecule has 1 amide bonds. The molecule has 5 nitrogen and oxygen atoms in total. The van der Waals surface area contributed by atoms with Gasteiger partial charge in [0.05, 0.1) is 4.92 Å². The number of nitro benzene ring substituents is 1. The molecule has 0 bridgehead atoms. The number of rotatable bonds is 3. The molecule has 1 aromatic rings. The van der Waals surface area contributed by atoms with Crippen LogP contribution in [-0.4, -0.2) is 17.4 Å². The van der Waals surface area contributed by atoms with Gasteiger partial charge in [-0.15, -0.1) is 6.58 Å². The number of benzene rings is 1. The summed E-state index contributed by atoms with van der Waals surface area (Å²) >= 11 is 3.26. The maximum absolute atomic E-state index is 11.9. The van der Waals surface area contributed by atoms with Gasteiger partial charge in [-0.2, -0.15) is 0 Å². The second kappa shape index (κ2) is 4.89. The molecule has 1 saturated heterocycles. The Hall–Kier alpha value is -1.69. The maximum Gasteiger partial charge on any atom is 0.293 e. The number of carbonyl (C=O) groups is 1. The van der Waals surface area contributed by atoms with Gasteiger partial charge < -0.3 is 4.90 Å². The van der Waals surface area contributed by atoms with E-state index in [4.69, 9.17) is 0 Å². The van der Waals surface area contributed by atoms with Crippen molar-refractivity contribution in [2.75, 3.05) is 11.4 Å². The lowest BCUT2D eigenvalue weighted by atomic mass is 10.1. The normalized spacial score (nSPS) is 19.1. The number of carbonyl (C=O) groups excluding carboxylic acids is 1. The van der Waals surface area contributed by atoms with Crippen LogP contribution in [0, 0.1) is 16.0 Å². The Morgan fingerprint density at radius 1 is 1.56 bits per heavy atom. The van der Waals surface area contributed by atoms with Crippen LogP contribution >= 0.6 is 15.9 Å². The first-order valence-electron chi connectivity index (χ1n) is 5.39. The zero-order valence-electron chi connectivity index (χ0n) is 9.51. The topological polar surface area (TPSA) is 63.5 Å². The number of amides is 1. The van der Waals surface area contributed by atoms with Crippen molar-refractivity contribution >= 4 is 33.2 Å². The molecule has 0 aliphatic carbocycles. The van der Waals surface area contributed by atoms with Crippen LogP contribution in [-0.2, 0) is 4.79 Å². The van der Waals surface area contributed by atoms with Gasteiger partial charge in [0, 0.05) is 29.4 Å². The van der Waals surface area contributed by atoms with Crippen LogP contribution in [0.3, 0.4) is 0 Å². The summed E-state index contributed by atoms with van der Waals surface area (Å²) in [7, 11) is 0. The number of halogens is 1. The summed E-state index contributed by atoms with van der Waals surface area (Å²) < 4.78 is 0.706. The standard InChI is InChI=1S/C12H11BrN2O3/c1-2-8-5-12(16)14(7-8)11-6-9(13)3-4-10(11)15(17)18/h2-4,6,8H,1,5,7H2. The van der Waals surface area contributed by atoms with Crippen molar-refractivity contribution in [1.82, 2.24) is 0 Å². The van der Waals surface area contributed by atoms with E-state index in [0.29, 0.717) is 23.1 Å². The molecule has 6 heteroatoms. The molecule has 0 spiro atoms. The molecule has 2 rings (SSSR count). The minimum absolute atomic E-state index is 0.0519. The number of nitro groups is 1. The molecule has 1 aromatic carbocycles. The summed E-state index contributed by atoms with van der Waals surface area (Å²) in [6.45, 7) is 4.10. The number of nitrogens with zero attached hydrogens (tertiary/aromatic N) is 2. The molecule has 0 saturated carbocycles. The smallest absolute Gasteiger partial charge is 0.293 e. The van der Waals surface area contributed by atoms with Crippen molar-refractivity contribution in [3.63, 3.8) is 0 Å². The van der Waals surface area contributed by atoms with Gasteiger partial charge in [-0.3, -0.25) is 14.9 Å². The van der Waals surface area contributed by atoms with Crippen LogP contribution in [0.1, 0.15) is 6.42 Å². The van der Waals surface area contributed by atoms with Crippen molar-refractivity contribution in [3.8, 4) is 0 Å². The maximum atomic E-state index is 11.9. The molecule has 0 N–H and O–H groups in total. The second-order valence-corrected chi connectivity index (χ2v) is 5.01. The highest BCUT2D eigenvalue weighted by molar-refractivity contribution is 9.10. The number of anilines is 1. The van der Waals surface area contributed by atoms with Crippen molar-refractivity contribution < 1.29 is 9.72 Å². The van der Waals surface area contributed by atoms with Crippen molar-refractivity contribution in [2.24, 2.45) is 5.92 Å². The van der Waals surface area contributed by atoms with Crippen LogP contribution < -0.4 is 4.90 Å². The molecule has 1 fully saturated rings. The molecule has 1 aliphatic rings. The van der Waals surface area contributed by atoms with Crippen LogP contribution in [0.4, 0.5) is 11.4 Å². The van der Waals surface area contributed by atoms with E-state index >= 15 is 0 Å². The van der Waals surface area contributed by atoms with Gasteiger partial charge in [0.2, 0.25) is 5.91 Å². The Morgan fingerprint density at radius 3 is 2.83 bits per heavy atom. The third-order valence-corrected chi connectivity index (χ3v) is 3.41. The van der Waals surface area contributed by atoms with Crippen molar-refractivity contribution in [2.45, 2.75) is 6.42 Å². The largest absolute Gasteiger partial charge is 0.306 e. The highest BCUT2D eigenvalue weighted by atomic mass is 79.9. The first-order chi connectivity index (χ1) is 8.52. The van der Waals surface area contributed by atoms with E-state index < -0.39 is 4.92 Å². The van der Waals surface area contributed by atoms with Gasteiger partial charge >= 0.3 is 0 Å². The third-order valence-electron chi connectivity index (χ3n) is 2.91. The Balaban J connectivity index is 2.44. The average Bonchev–Trinajstić information content (AvgIpc) is 2.70. The predicted molar refractivity (Wildman–Crippen MR) is 71.5 cm³/mol. The summed E-state index contributed by atoms with van der Waals surface area (Å²) in [6.07, 6.45) is 2.06. The molecule has 1 unspecified atom stereocenters. The molecule has 94 valence electrons. The minimum Gasteiger partial charge on any atom is -0.306 e. The van der Waals surface area contributed by atoms with Gasteiger partial charge in [0.25, 0.3) is 5.69 Å². The molecule has 0 aromatic heterocycles. The van der Waals surface area contributed by atoms with Crippen molar-refractivity contribution in [1.29, 1.82) is 0 Å². The molecular weight excluding hydrogens is 300 g/mol. The highest BCUT2D eigenvalue weighted by Gasteiger charge is 2.32. The lowest BCUT2D eigenvalue weighted by Crippen LogP contribution is -2.25. The fourth-order valence-corrected chi connectivity index (χ4v) is 2.34. The van der Waals surface area contributed by atoms with Gasteiger partial charge in [0.15, 0.2) is 0 Å². The number of hydrogen-bond acceptors (Lipinski definition) is 3. The quantitative estimate of drug-likeness (QED) is 0.490. The van der Waals surface area contributed by atoms with Crippen LogP contribution in [0.5, 0.6) is 0 Å². The number of hydrogen-bond donors (Lipinski definition) is 0. The molecular formula is C12H11BrN2O3. The molecule has 1 atom stereocenters. The SMILES string of the molecule is C=CC1CC(=O)N(c2cc(Br)ccc2[N+](=O)[O-])C1. The first kappa shape index (κ1) is 12.8. The molecule has 18 heavy (non-hydrogen) atoms. The highest BCUT2D eigenvalue weighted by Crippen LogP contribution is 2.35. The van der Waals surface area contributed by atoms with E-state index in [1.165, 1.54) is 11.0 Å². The lowest BCUT2D eigenvalue weighted by Gasteiger charge is -2.16. The summed E-state index contributed by atoms with van der Waals surface area (Å²) in [5.41, 5.74) is 0.278. The monoisotopic (exact) mass is 310 g/mol. The fourth-order valence-electron chi connectivity index (χ4n) is 1.99. The molecule has 1 aliphatic heterocycles. The van der Waals surface area contributed by atoms with E-state index in [-0.39, 0.29) is 17.5 Å².